The van der Waals surface area contributed by atoms with Gasteiger partial charge in [0.25, 0.3) is 0 Å². The van der Waals surface area contributed by atoms with Gasteiger partial charge in [-0.25, -0.2) is 4.79 Å². The summed E-state index contributed by atoms with van der Waals surface area (Å²) < 4.78 is 10.6. The molecule has 1 aliphatic rings. The number of carbonyl (C=O) groups excluding carboxylic acids is 1. The number of rotatable bonds is 4. The quantitative estimate of drug-likeness (QED) is 0.852. The van der Waals surface area contributed by atoms with Gasteiger partial charge in [-0.15, -0.1) is 0 Å². The molecule has 1 aromatic rings. The number of anilines is 1. The third-order valence-electron chi connectivity index (χ3n) is 3.52. The number of hydrogen-bond acceptors (Lipinski definition) is 4. The Labute approximate surface area is 142 Å². The molecule has 0 atom stereocenters. The Morgan fingerprint density at radius 1 is 1.13 bits per heavy atom. The molecule has 0 saturated carbocycles. The van der Waals surface area contributed by atoms with Crippen molar-refractivity contribution in [2.75, 3.05) is 44.7 Å². The first kappa shape index (κ1) is 17.3. The second-order valence-corrected chi connectivity index (χ2v) is 5.42. The summed E-state index contributed by atoms with van der Waals surface area (Å²) in [4.78, 5) is 15.5. The number of para-hydroxylation sites is 2. The van der Waals surface area contributed by atoms with Crippen LogP contribution in [-0.4, -0.2) is 60.4 Å². The first-order valence-electron chi connectivity index (χ1n) is 7.85. The van der Waals surface area contributed by atoms with Gasteiger partial charge in [-0.05, 0) is 38.2 Å². The lowest BCUT2D eigenvalue weighted by molar-refractivity contribution is 0.0923. The molecule has 1 saturated heterocycles. The van der Waals surface area contributed by atoms with Crippen LogP contribution in [0.3, 0.4) is 0 Å². The number of amides is 1. The molecule has 0 unspecified atom stereocenters. The van der Waals surface area contributed by atoms with E-state index < -0.39 is 0 Å². The lowest BCUT2D eigenvalue weighted by Crippen LogP contribution is -2.51. The molecule has 7 heteroatoms. The molecule has 1 N–H and O–H groups in total. The average molecular weight is 337 g/mol. The van der Waals surface area contributed by atoms with Crippen LogP contribution >= 0.6 is 12.2 Å². The van der Waals surface area contributed by atoms with Crippen LogP contribution in [0.15, 0.2) is 24.3 Å². The fourth-order valence-electron chi connectivity index (χ4n) is 2.35. The largest absolute Gasteiger partial charge is 0.492 e. The topological polar surface area (TPSA) is 54.0 Å². The van der Waals surface area contributed by atoms with Crippen LogP contribution in [0.1, 0.15) is 13.8 Å². The molecule has 126 valence electrons. The third kappa shape index (κ3) is 4.72. The highest BCUT2D eigenvalue weighted by molar-refractivity contribution is 7.80. The van der Waals surface area contributed by atoms with Crippen molar-refractivity contribution in [1.82, 2.24) is 9.80 Å². The monoisotopic (exact) mass is 337 g/mol. The van der Waals surface area contributed by atoms with Crippen molar-refractivity contribution in [1.29, 1.82) is 0 Å². The summed E-state index contributed by atoms with van der Waals surface area (Å²) in [5.41, 5.74) is 0.854. The number of benzene rings is 1. The summed E-state index contributed by atoms with van der Waals surface area (Å²) in [5, 5.41) is 3.87. The zero-order valence-corrected chi connectivity index (χ0v) is 14.4. The van der Waals surface area contributed by atoms with Crippen molar-refractivity contribution in [3.05, 3.63) is 24.3 Å². The van der Waals surface area contributed by atoms with Gasteiger partial charge in [-0.2, -0.15) is 0 Å². The van der Waals surface area contributed by atoms with Crippen LogP contribution in [-0.2, 0) is 4.74 Å². The van der Waals surface area contributed by atoms with Crippen molar-refractivity contribution < 1.29 is 14.3 Å². The van der Waals surface area contributed by atoms with Crippen LogP contribution < -0.4 is 10.1 Å². The number of hydrogen-bond donors (Lipinski definition) is 1. The summed E-state index contributed by atoms with van der Waals surface area (Å²) in [6, 6.07) is 7.71. The second-order valence-electron chi connectivity index (χ2n) is 5.03. The van der Waals surface area contributed by atoms with E-state index in [2.05, 4.69) is 5.32 Å². The maximum Gasteiger partial charge on any atom is 0.409 e. The summed E-state index contributed by atoms with van der Waals surface area (Å²) in [7, 11) is 0. The normalized spacial score (nSPS) is 14.3. The molecule has 1 fully saturated rings. The first-order valence-corrected chi connectivity index (χ1v) is 8.26. The number of carbonyl (C=O) groups is 1. The summed E-state index contributed by atoms with van der Waals surface area (Å²) in [6.07, 6.45) is -0.257. The minimum absolute atomic E-state index is 0.257. The van der Waals surface area contributed by atoms with Gasteiger partial charge in [0.05, 0.1) is 18.9 Å². The third-order valence-corrected chi connectivity index (χ3v) is 3.88. The maximum absolute atomic E-state index is 11.7. The molecular weight excluding hydrogens is 314 g/mol. The van der Waals surface area contributed by atoms with E-state index in [0.717, 1.165) is 11.4 Å². The number of nitrogens with one attached hydrogen (secondary N) is 1. The zero-order valence-electron chi connectivity index (χ0n) is 13.6. The van der Waals surface area contributed by atoms with Crippen molar-refractivity contribution in [3.63, 3.8) is 0 Å². The van der Waals surface area contributed by atoms with Gasteiger partial charge in [0.1, 0.15) is 5.75 Å². The lowest BCUT2D eigenvalue weighted by atomic mass is 10.3. The van der Waals surface area contributed by atoms with Crippen molar-refractivity contribution >= 4 is 29.1 Å². The molecule has 6 nitrogen and oxygen atoms in total. The maximum atomic E-state index is 11.7. The Bertz CT molecular complexity index is 545. The van der Waals surface area contributed by atoms with Gasteiger partial charge >= 0.3 is 6.09 Å². The lowest BCUT2D eigenvalue weighted by Gasteiger charge is -2.35. The van der Waals surface area contributed by atoms with Crippen LogP contribution in [0.5, 0.6) is 5.75 Å². The minimum atomic E-state index is -0.257. The molecule has 1 aromatic carbocycles. The standard InChI is InChI=1S/C16H23N3O3S/c1-3-21-14-8-6-5-7-13(14)17-15(23)18-9-11-19(12-10-18)16(20)22-4-2/h5-8H,3-4,9-12H2,1-2H3,(H,17,23). The molecule has 0 radical (unpaired) electrons. The number of nitrogens with zero attached hydrogens (tertiary/aromatic N) is 2. The van der Waals surface area contributed by atoms with Crippen LogP contribution in [0, 0.1) is 0 Å². The highest BCUT2D eigenvalue weighted by atomic mass is 32.1. The molecule has 0 aliphatic carbocycles. The SMILES string of the molecule is CCOC(=O)N1CCN(C(=S)Nc2ccccc2OCC)CC1. The van der Waals surface area contributed by atoms with E-state index in [9.17, 15) is 4.79 Å². The van der Waals surface area contributed by atoms with Gasteiger partial charge in [0.15, 0.2) is 5.11 Å². The summed E-state index contributed by atoms with van der Waals surface area (Å²) in [5.74, 6) is 0.780. The van der Waals surface area contributed by atoms with E-state index in [1.54, 1.807) is 4.90 Å². The minimum Gasteiger partial charge on any atom is -0.492 e. The predicted octanol–water partition coefficient (Wildman–Crippen LogP) is 2.56. The van der Waals surface area contributed by atoms with Gasteiger partial charge in [-0.1, -0.05) is 12.1 Å². The van der Waals surface area contributed by atoms with Crippen molar-refractivity contribution in [2.24, 2.45) is 0 Å². The van der Waals surface area contributed by atoms with Gasteiger partial charge in [-0.3, -0.25) is 0 Å². The van der Waals surface area contributed by atoms with E-state index in [0.29, 0.717) is 44.5 Å². The van der Waals surface area contributed by atoms with E-state index in [4.69, 9.17) is 21.7 Å². The molecule has 23 heavy (non-hydrogen) atoms. The Balaban J connectivity index is 1.89. The van der Waals surface area contributed by atoms with Gasteiger partial charge in [0, 0.05) is 26.2 Å². The van der Waals surface area contributed by atoms with E-state index in [-0.39, 0.29) is 6.09 Å². The Morgan fingerprint density at radius 2 is 1.78 bits per heavy atom. The fraction of sp³-hybridized carbons (Fsp3) is 0.500. The van der Waals surface area contributed by atoms with Crippen LogP contribution in [0.4, 0.5) is 10.5 Å². The number of thiocarbonyl (C=S) groups is 1. The molecule has 2 rings (SSSR count). The average Bonchev–Trinajstić information content (AvgIpc) is 2.57. The van der Waals surface area contributed by atoms with Crippen LogP contribution in [0.25, 0.3) is 0 Å². The number of piperazine rings is 1. The Morgan fingerprint density at radius 3 is 2.43 bits per heavy atom. The molecule has 1 amide bonds. The molecule has 0 bridgehead atoms. The molecule has 0 spiro atoms. The highest BCUT2D eigenvalue weighted by Crippen LogP contribution is 2.24. The van der Waals surface area contributed by atoms with Crippen molar-refractivity contribution in [3.8, 4) is 5.75 Å². The molecule has 0 aromatic heterocycles. The first-order chi connectivity index (χ1) is 11.2. The smallest absolute Gasteiger partial charge is 0.409 e. The number of ether oxygens (including phenoxy) is 2. The predicted molar refractivity (Wildman–Crippen MR) is 94.0 cm³/mol. The van der Waals surface area contributed by atoms with Gasteiger partial charge < -0.3 is 24.6 Å². The molecular formula is C16H23N3O3S. The molecule has 1 aliphatic heterocycles. The highest BCUT2D eigenvalue weighted by Gasteiger charge is 2.23. The van der Waals surface area contributed by atoms with Crippen molar-refractivity contribution in [2.45, 2.75) is 13.8 Å². The van der Waals surface area contributed by atoms with E-state index >= 15 is 0 Å². The second kappa shape index (κ2) is 8.57. The van der Waals surface area contributed by atoms with Crippen LogP contribution in [0.2, 0.25) is 0 Å². The van der Waals surface area contributed by atoms with E-state index in [1.807, 2.05) is 43.0 Å². The Kier molecular flexibility index (Phi) is 6.46. The molecule has 1 heterocycles. The Hall–Kier alpha value is -2.02. The summed E-state index contributed by atoms with van der Waals surface area (Å²) in [6.45, 7) is 7.33. The van der Waals surface area contributed by atoms with E-state index in [1.165, 1.54) is 0 Å². The fourth-order valence-corrected chi connectivity index (χ4v) is 2.64. The zero-order chi connectivity index (χ0) is 16.7. The van der Waals surface area contributed by atoms with Gasteiger partial charge in [0.2, 0.25) is 0 Å². The summed E-state index contributed by atoms with van der Waals surface area (Å²) >= 11 is 5.48.